The summed E-state index contributed by atoms with van der Waals surface area (Å²) in [6, 6.07) is 3.18. The van der Waals surface area contributed by atoms with Crippen molar-refractivity contribution in [3.8, 4) is 11.4 Å². The second-order valence-corrected chi connectivity index (χ2v) is 4.41. The molecule has 0 aliphatic heterocycles. The normalized spacial score (nSPS) is 10.8. The predicted octanol–water partition coefficient (Wildman–Crippen LogP) is 3.53. The van der Waals surface area contributed by atoms with E-state index in [0.29, 0.717) is 32.1 Å². The van der Waals surface area contributed by atoms with Gasteiger partial charge in [0.1, 0.15) is 5.82 Å². The molecule has 2 N–H and O–H groups in total. The highest BCUT2D eigenvalue weighted by Gasteiger charge is 2.13. The van der Waals surface area contributed by atoms with Gasteiger partial charge >= 0.3 is 0 Å². The molecule has 0 bridgehead atoms. The summed E-state index contributed by atoms with van der Waals surface area (Å²) in [6.45, 7) is -0.115. The van der Waals surface area contributed by atoms with E-state index in [2.05, 4.69) is 9.97 Å². The van der Waals surface area contributed by atoms with Crippen LogP contribution in [0.5, 0.6) is 0 Å². The Morgan fingerprint density at radius 2 is 1.81 bits per heavy atom. The van der Waals surface area contributed by atoms with Gasteiger partial charge in [-0.3, -0.25) is 0 Å². The average molecular weight is 278 g/mol. The summed E-state index contributed by atoms with van der Waals surface area (Å²) < 4.78 is 0. The van der Waals surface area contributed by atoms with Gasteiger partial charge in [-0.1, -0.05) is 34.8 Å². The van der Waals surface area contributed by atoms with Crippen LogP contribution < -0.4 is 0 Å². The number of H-pyrrole nitrogens is 1. The molecule has 0 radical (unpaired) electrons. The van der Waals surface area contributed by atoms with Gasteiger partial charge in [0.25, 0.3) is 0 Å². The van der Waals surface area contributed by atoms with Crippen LogP contribution in [0.25, 0.3) is 11.4 Å². The number of hydrogen-bond acceptors (Lipinski definition) is 2. The SMILES string of the molecule is OCc1cnc(-c2c(Cl)cc(Cl)cc2Cl)[nH]1. The van der Waals surface area contributed by atoms with Gasteiger partial charge in [0.15, 0.2) is 0 Å². The molecule has 3 nitrogen and oxygen atoms in total. The lowest BCUT2D eigenvalue weighted by molar-refractivity contribution is 0.277. The lowest BCUT2D eigenvalue weighted by Crippen LogP contribution is -1.86. The van der Waals surface area contributed by atoms with Crippen LogP contribution in [-0.2, 0) is 6.61 Å². The second-order valence-electron chi connectivity index (χ2n) is 3.16. The third-order valence-electron chi connectivity index (χ3n) is 2.04. The zero-order valence-electron chi connectivity index (χ0n) is 7.97. The van der Waals surface area contributed by atoms with Gasteiger partial charge in [0, 0.05) is 5.02 Å². The maximum absolute atomic E-state index is 8.92. The smallest absolute Gasteiger partial charge is 0.140 e. The van der Waals surface area contributed by atoms with Crippen molar-refractivity contribution in [3.05, 3.63) is 39.1 Å². The molecular weight excluding hydrogens is 270 g/mol. The van der Waals surface area contributed by atoms with Crippen LogP contribution in [0.3, 0.4) is 0 Å². The highest BCUT2D eigenvalue weighted by atomic mass is 35.5. The lowest BCUT2D eigenvalue weighted by atomic mass is 10.2. The van der Waals surface area contributed by atoms with Crippen molar-refractivity contribution in [2.45, 2.75) is 6.61 Å². The quantitative estimate of drug-likeness (QED) is 0.882. The van der Waals surface area contributed by atoms with Crippen molar-refractivity contribution < 1.29 is 5.11 Å². The van der Waals surface area contributed by atoms with Crippen LogP contribution in [0.1, 0.15) is 5.69 Å². The lowest BCUT2D eigenvalue weighted by Gasteiger charge is -2.04. The molecular formula is C10H7Cl3N2O. The molecule has 2 aromatic rings. The van der Waals surface area contributed by atoms with Crippen molar-refractivity contribution in [3.63, 3.8) is 0 Å². The first-order valence-electron chi connectivity index (χ1n) is 4.41. The van der Waals surface area contributed by atoms with Gasteiger partial charge < -0.3 is 10.1 Å². The molecule has 0 fully saturated rings. The minimum atomic E-state index is -0.115. The maximum atomic E-state index is 8.92. The number of aliphatic hydroxyl groups excluding tert-OH is 1. The van der Waals surface area contributed by atoms with Gasteiger partial charge in [-0.2, -0.15) is 0 Å². The molecule has 0 amide bonds. The highest BCUT2D eigenvalue weighted by Crippen LogP contribution is 2.35. The number of hydrogen-bond donors (Lipinski definition) is 2. The maximum Gasteiger partial charge on any atom is 0.140 e. The first kappa shape index (κ1) is 11.7. The second kappa shape index (κ2) is 4.63. The van der Waals surface area contributed by atoms with Gasteiger partial charge in [0.2, 0.25) is 0 Å². The summed E-state index contributed by atoms with van der Waals surface area (Å²) in [7, 11) is 0. The first-order chi connectivity index (χ1) is 7.61. The Labute approximate surface area is 107 Å². The summed E-state index contributed by atoms with van der Waals surface area (Å²) in [5, 5.41) is 10.2. The first-order valence-corrected chi connectivity index (χ1v) is 5.55. The Morgan fingerprint density at radius 1 is 1.19 bits per heavy atom. The van der Waals surface area contributed by atoms with Crippen LogP contribution >= 0.6 is 34.8 Å². The van der Waals surface area contributed by atoms with Crippen LogP contribution in [0.15, 0.2) is 18.3 Å². The number of aromatic amines is 1. The Kier molecular flexibility index (Phi) is 3.40. The van der Waals surface area contributed by atoms with E-state index < -0.39 is 0 Å². The predicted molar refractivity (Wildman–Crippen MR) is 65.0 cm³/mol. The fourth-order valence-electron chi connectivity index (χ4n) is 1.33. The largest absolute Gasteiger partial charge is 0.390 e. The zero-order valence-corrected chi connectivity index (χ0v) is 10.2. The van der Waals surface area contributed by atoms with Crippen molar-refractivity contribution >= 4 is 34.8 Å². The molecule has 6 heteroatoms. The average Bonchev–Trinajstić information content (AvgIpc) is 2.64. The number of nitrogens with zero attached hydrogens (tertiary/aromatic N) is 1. The van der Waals surface area contributed by atoms with Crippen LogP contribution in [-0.4, -0.2) is 15.1 Å². The summed E-state index contributed by atoms with van der Waals surface area (Å²) in [5.41, 5.74) is 1.17. The fourth-order valence-corrected chi connectivity index (χ4v) is 2.33. The zero-order chi connectivity index (χ0) is 11.7. The van der Waals surface area contributed by atoms with Gasteiger partial charge in [-0.15, -0.1) is 0 Å². The van der Waals surface area contributed by atoms with Crippen molar-refractivity contribution in [1.29, 1.82) is 0 Å². The van der Waals surface area contributed by atoms with Crippen molar-refractivity contribution in [2.24, 2.45) is 0 Å². The van der Waals surface area contributed by atoms with Crippen molar-refractivity contribution in [2.75, 3.05) is 0 Å². The van der Waals surface area contributed by atoms with E-state index in [1.165, 1.54) is 6.20 Å². The molecule has 0 saturated carbocycles. The van der Waals surface area contributed by atoms with Gasteiger partial charge in [-0.25, -0.2) is 4.98 Å². The van der Waals surface area contributed by atoms with E-state index in [0.717, 1.165) is 0 Å². The molecule has 0 unspecified atom stereocenters. The third kappa shape index (κ3) is 2.18. The molecule has 0 aliphatic carbocycles. The van der Waals surface area contributed by atoms with Crippen LogP contribution in [0, 0.1) is 0 Å². The number of imidazole rings is 1. The molecule has 1 heterocycles. The monoisotopic (exact) mass is 276 g/mol. The number of aromatic nitrogens is 2. The minimum absolute atomic E-state index is 0.115. The van der Waals surface area contributed by atoms with Crippen molar-refractivity contribution in [1.82, 2.24) is 9.97 Å². The third-order valence-corrected chi connectivity index (χ3v) is 2.86. The molecule has 0 spiro atoms. The number of benzene rings is 1. The summed E-state index contributed by atoms with van der Waals surface area (Å²) in [6.07, 6.45) is 1.52. The molecule has 0 atom stereocenters. The molecule has 0 aliphatic rings. The Balaban J connectivity index is 2.55. The Hall–Kier alpha value is -0.740. The van der Waals surface area contributed by atoms with Crippen LogP contribution in [0.2, 0.25) is 15.1 Å². The standard InChI is InChI=1S/C10H7Cl3N2O/c11-5-1-7(12)9(8(13)2-5)10-14-3-6(4-16)15-10/h1-3,16H,4H2,(H,14,15). The Morgan fingerprint density at radius 3 is 2.31 bits per heavy atom. The van der Waals surface area contributed by atoms with E-state index in [4.69, 9.17) is 39.9 Å². The molecule has 0 saturated heterocycles. The van der Waals surface area contributed by atoms with E-state index in [-0.39, 0.29) is 6.61 Å². The number of rotatable bonds is 2. The van der Waals surface area contributed by atoms with E-state index >= 15 is 0 Å². The van der Waals surface area contributed by atoms with Gasteiger partial charge in [0.05, 0.1) is 34.1 Å². The van der Waals surface area contributed by atoms with Gasteiger partial charge in [-0.05, 0) is 12.1 Å². The molecule has 1 aromatic carbocycles. The van der Waals surface area contributed by atoms with E-state index in [9.17, 15) is 0 Å². The summed E-state index contributed by atoms with van der Waals surface area (Å²) in [5.74, 6) is 0.510. The van der Waals surface area contributed by atoms with E-state index in [1.807, 2.05) is 0 Å². The number of aliphatic hydroxyl groups is 1. The topological polar surface area (TPSA) is 48.9 Å². The molecule has 2 rings (SSSR count). The van der Waals surface area contributed by atoms with E-state index in [1.54, 1.807) is 12.1 Å². The fraction of sp³-hybridized carbons (Fsp3) is 0.100. The molecule has 1 aromatic heterocycles. The van der Waals surface area contributed by atoms with Crippen LogP contribution in [0.4, 0.5) is 0 Å². The molecule has 84 valence electrons. The highest BCUT2D eigenvalue weighted by molar-refractivity contribution is 6.41. The minimum Gasteiger partial charge on any atom is -0.390 e. The number of nitrogens with one attached hydrogen (secondary N) is 1. The number of halogens is 3. The molecule has 16 heavy (non-hydrogen) atoms. The summed E-state index contributed by atoms with van der Waals surface area (Å²) in [4.78, 5) is 6.99. The summed E-state index contributed by atoms with van der Waals surface area (Å²) >= 11 is 17.9. The Bertz CT molecular complexity index is 502.